The van der Waals surface area contributed by atoms with Crippen molar-refractivity contribution < 1.29 is 27.6 Å². The van der Waals surface area contributed by atoms with Gasteiger partial charge in [0, 0.05) is 16.3 Å². The Labute approximate surface area is 203 Å². The lowest BCUT2D eigenvalue weighted by molar-refractivity contribution is 0.101. The van der Waals surface area contributed by atoms with Crippen LogP contribution in [0.5, 0.6) is 5.75 Å². The first kappa shape index (κ1) is 23.9. The lowest BCUT2D eigenvalue weighted by atomic mass is 10.1. The van der Waals surface area contributed by atoms with Crippen molar-refractivity contribution in [3.05, 3.63) is 94.2 Å². The van der Waals surface area contributed by atoms with E-state index >= 15 is 0 Å². The van der Waals surface area contributed by atoms with Gasteiger partial charge in [-0.15, -0.1) is 0 Å². The maximum Gasteiger partial charge on any atom is 0.261 e. The molecule has 2 N–H and O–H groups in total. The van der Waals surface area contributed by atoms with Gasteiger partial charge in [0.15, 0.2) is 0 Å². The molecular formula is C25H18ClF2N3O4. The summed E-state index contributed by atoms with van der Waals surface area (Å²) in [6.45, 7) is 1.58. The Hall–Kier alpha value is -4.24. The Morgan fingerprint density at radius 3 is 2.40 bits per heavy atom. The van der Waals surface area contributed by atoms with Crippen LogP contribution in [0, 0.1) is 18.6 Å². The molecule has 0 fully saturated rings. The highest BCUT2D eigenvalue weighted by molar-refractivity contribution is 6.30. The number of carbonyl (C=O) groups excluding carboxylic acids is 2. The van der Waals surface area contributed by atoms with Crippen molar-refractivity contribution in [2.24, 2.45) is 0 Å². The zero-order chi connectivity index (χ0) is 25.1. The Bertz CT molecular complexity index is 1420. The summed E-state index contributed by atoms with van der Waals surface area (Å²) in [5.41, 5.74) is 1.22. The number of hydrogen-bond acceptors (Lipinski definition) is 5. The summed E-state index contributed by atoms with van der Waals surface area (Å²) >= 11 is 5.75. The number of aryl methyl sites for hydroxylation is 1. The van der Waals surface area contributed by atoms with E-state index < -0.39 is 23.4 Å². The maximum atomic E-state index is 14.2. The molecule has 0 radical (unpaired) electrons. The molecule has 35 heavy (non-hydrogen) atoms. The number of aromatic nitrogens is 1. The van der Waals surface area contributed by atoms with Crippen LogP contribution in [0.2, 0.25) is 5.02 Å². The number of carbonyl (C=O) groups is 2. The average molecular weight is 498 g/mol. The molecule has 0 aliphatic heterocycles. The third-order valence-electron chi connectivity index (χ3n) is 5.09. The topological polar surface area (TPSA) is 93.5 Å². The minimum atomic E-state index is -0.783. The monoisotopic (exact) mass is 497 g/mol. The predicted octanol–water partition coefficient (Wildman–Crippen LogP) is 6.09. The van der Waals surface area contributed by atoms with E-state index in [4.69, 9.17) is 20.9 Å². The first-order valence-electron chi connectivity index (χ1n) is 10.2. The van der Waals surface area contributed by atoms with Gasteiger partial charge < -0.3 is 19.9 Å². The van der Waals surface area contributed by atoms with E-state index in [0.29, 0.717) is 17.0 Å². The SMILES string of the molecule is COc1ccc(NC(=O)c2c(-c3ccc(F)cc3)noc2C)cc1NC(=O)c1ccc(Cl)cc1F. The molecule has 0 saturated heterocycles. The fourth-order valence-corrected chi connectivity index (χ4v) is 3.54. The number of ether oxygens (including phenoxy) is 1. The number of nitrogens with zero attached hydrogens (tertiary/aromatic N) is 1. The van der Waals surface area contributed by atoms with Crippen LogP contribution in [0.15, 0.2) is 65.2 Å². The number of rotatable bonds is 6. The van der Waals surface area contributed by atoms with E-state index in [1.807, 2.05) is 0 Å². The lowest BCUT2D eigenvalue weighted by Crippen LogP contribution is -2.16. The zero-order valence-corrected chi connectivity index (χ0v) is 19.2. The van der Waals surface area contributed by atoms with Crippen molar-refractivity contribution in [1.29, 1.82) is 0 Å². The van der Waals surface area contributed by atoms with Gasteiger partial charge in [0.1, 0.15) is 34.4 Å². The average Bonchev–Trinajstić information content (AvgIpc) is 3.21. The van der Waals surface area contributed by atoms with E-state index in [9.17, 15) is 18.4 Å². The second-order valence-corrected chi connectivity index (χ2v) is 7.85. The highest BCUT2D eigenvalue weighted by atomic mass is 35.5. The normalized spacial score (nSPS) is 10.7. The van der Waals surface area contributed by atoms with Gasteiger partial charge in [0.25, 0.3) is 11.8 Å². The highest BCUT2D eigenvalue weighted by Crippen LogP contribution is 2.31. The summed E-state index contributed by atoms with van der Waals surface area (Å²) in [5.74, 6) is -1.91. The van der Waals surface area contributed by atoms with Gasteiger partial charge in [0.05, 0.1) is 18.4 Å². The molecule has 2 amide bonds. The molecule has 4 aromatic rings. The highest BCUT2D eigenvalue weighted by Gasteiger charge is 2.22. The fraction of sp³-hybridized carbons (Fsp3) is 0.0800. The Morgan fingerprint density at radius 1 is 0.971 bits per heavy atom. The molecule has 0 unspecified atom stereocenters. The summed E-state index contributed by atoms with van der Waals surface area (Å²) in [4.78, 5) is 25.7. The van der Waals surface area contributed by atoms with Crippen LogP contribution >= 0.6 is 11.6 Å². The van der Waals surface area contributed by atoms with Crippen LogP contribution < -0.4 is 15.4 Å². The van der Waals surface area contributed by atoms with Crippen LogP contribution in [0.3, 0.4) is 0 Å². The summed E-state index contributed by atoms with van der Waals surface area (Å²) in [6.07, 6.45) is 0. The second kappa shape index (κ2) is 9.94. The van der Waals surface area contributed by atoms with Gasteiger partial charge in [-0.05, 0) is 67.6 Å². The van der Waals surface area contributed by atoms with Crippen molar-refractivity contribution in [2.75, 3.05) is 17.7 Å². The molecule has 7 nitrogen and oxygen atoms in total. The smallest absolute Gasteiger partial charge is 0.261 e. The molecule has 1 heterocycles. The minimum absolute atomic E-state index is 0.158. The van der Waals surface area contributed by atoms with E-state index in [1.54, 1.807) is 13.0 Å². The molecule has 0 atom stereocenters. The van der Waals surface area contributed by atoms with Gasteiger partial charge in [-0.1, -0.05) is 16.8 Å². The Kier molecular flexibility index (Phi) is 6.79. The molecule has 0 saturated carbocycles. The molecule has 0 bridgehead atoms. The summed E-state index contributed by atoms with van der Waals surface area (Å²) in [5, 5.41) is 9.38. The Balaban J connectivity index is 1.60. The minimum Gasteiger partial charge on any atom is -0.495 e. The van der Waals surface area contributed by atoms with Crippen LogP contribution in [-0.4, -0.2) is 24.1 Å². The van der Waals surface area contributed by atoms with Crippen molar-refractivity contribution in [1.82, 2.24) is 5.16 Å². The molecule has 0 aliphatic carbocycles. The number of amides is 2. The van der Waals surface area contributed by atoms with E-state index in [-0.39, 0.29) is 33.3 Å². The summed E-state index contributed by atoms with van der Waals surface area (Å²) in [6, 6.07) is 13.7. The van der Waals surface area contributed by atoms with Gasteiger partial charge >= 0.3 is 0 Å². The van der Waals surface area contributed by atoms with Crippen LogP contribution in [0.25, 0.3) is 11.3 Å². The van der Waals surface area contributed by atoms with Gasteiger partial charge in [0.2, 0.25) is 0 Å². The summed E-state index contributed by atoms with van der Waals surface area (Å²) < 4.78 is 37.9. The van der Waals surface area contributed by atoms with Crippen molar-refractivity contribution in [3.63, 3.8) is 0 Å². The quantitative estimate of drug-likeness (QED) is 0.336. The number of benzene rings is 3. The van der Waals surface area contributed by atoms with Crippen LogP contribution in [-0.2, 0) is 0 Å². The van der Waals surface area contributed by atoms with Gasteiger partial charge in [-0.25, -0.2) is 8.78 Å². The van der Waals surface area contributed by atoms with E-state index in [1.165, 1.54) is 55.6 Å². The molecule has 3 aromatic carbocycles. The molecule has 0 aliphatic rings. The maximum absolute atomic E-state index is 14.2. The van der Waals surface area contributed by atoms with Crippen molar-refractivity contribution in [3.8, 4) is 17.0 Å². The third kappa shape index (κ3) is 5.15. The van der Waals surface area contributed by atoms with Crippen molar-refractivity contribution >= 4 is 34.8 Å². The van der Waals surface area contributed by atoms with E-state index in [2.05, 4.69) is 15.8 Å². The summed E-state index contributed by atoms with van der Waals surface area (Å²) in [7, 11) is 1.40. The fourth-order valence-electron chi connectivity index (χ4n) is 3.38. The molecule has 0 spiro atoms. The van der Waals surface area contributed by atoms with Gasteiger partial charge in [-0.3, -0.25) is 9.59 Å². The number of nitrogens with one attached hydrogen (secondary N) is 2. The predicted molar refractivity (Wildman–Crippen MR) is 127 cm³/mol. The first-order valence-corrected chi connectivity index (χ1v) is 10.6. The number of anilines is 2. The number of hydrogen-bond donors (Lipinski definition) is 2. The van der Waals surface area contributed by atoms with Gasteiger partial charge in [-0.2, -0.15) is 0 Å². The number of methoxy groups -OCH3 is 1. The number of halogens is 3. The van der Waals surface area contributed by atoms with E-state index in [0.717, 1.165) is 6.07 Å². The van der Waals surface area contributed by atoms with Crippen LogP contribution in [0.4, 0.5) is 20.2 Å². The zero-order valence-electron chi connectivity index (χ0n) is 18.5. The van der Waals surface area contributed by atoms with Crippen LogP contribution in [0.1, 0.15) is 26.5 Å². The second-order valence-electron chi connectivity index (χ2n) is 7.42. The lowest BCUT2D eigenvalue weighted by Gasteiger charge is -2.13. The Morgan fingerprint density at radius 2 is 1.71 bits per heavy atom. The standard InChI is InChI=1S/C25H18ClF2N3O4/c1-13-22(23(31-35-13)14-3-6-16(27)7-4-14)25(33)29-17-8-10-21(34-2)20(12-17)30-24(32)18-9-5-15(26)11-19(18)28/h3-12H,1-2H3,(H,29,33)(H,30,32). The third-order valence-corrected chi connectivity index (χ3v) is 5.32. The largest absolute Gasteiger partial charge is 0.495 e. The first-order chi connectivity index (χ1) is 16.8. The molecule has 178 valence electrons. The molecular weight excluding hydrogens is 480 g/mol. The molecule has 10 heteroatoms. The molecule has 1 aromatic heterocycles. The van der Waals surface area contributed by atoms with Crippen molar-refractivity contribution in [2.45, 2.75) is 6.92 Å². The molecule has 4 rings (SSSR count).